The van der Waals surface area contributed by atoms with E-state index in [0.717, 1.165) is 13.0 Å². The SMILES string of the molecule is CCC(C)C.CCCC.CO.COC. The number of methoxy groups -OCH3 is 1. The summed E-state index contributed by atoms with van der Waals surface area (Å²) in [5, 5.41) is 7.00. The lowest BCUT2D eigenvalue weighted by atomic mass is 10.2. The molecule has 0 bridgehead atoms. The monoisotopic (exact) mass is 208 g/mol. The van der Waals surface area contributed by atoms with Gasteiger partial charge in [0.05, 0.1) is 0 Å². The van der Waals surface area contributed by atoms with E-state index >= 15 is 0 Å². The zero-order chi connectivity index (χ0) is 12.4. The predicted molar refractivity (Wildman–Crippen MR) is 66.8 cm³/mol. The van der Waals surface area contributed by atoms with Crippen LogP contribution in [0, 0.1) is 5.92 Å². The molecule has 1 N–H and O–H groups in total. The van der Waals surface area contributed by atoms with Gasteiger partial charge in [0.1, 0.15) is 0 Å². The van der Waals surface area contributed by atoms with Crippen molar-refractivity contribution in [2.24, 2.45) is 5.92 Å². The van der Waals surface area contributed by atoms with Crippen LogP contribution in [0.3, 0.4) is 0 Å². The van der Waals surface area contributed by atoms with Crippen LogP contribution in [0.5, 0.6) is 0 Å². The normalized spacial score (nSPS) is 7.29. The Balaban J connectivity index is -0.0000000505. The van der Waals surface area contributed by atoms with Crippen molar-refractivity contribution >= 4 is 0 Å². The van der Waals surface area contributed by atoms with Gasteiger partial charge in [0, 0.05) is 21.3 Å². The topological polar surface area (TPSA) is 29.5 Å². The minimum absolute atomic E-state index is 0.884. The van der Waals surface area contributed by atoms with Gasteiger partial charge in [-0.3, -0.25) is 0 Å². The van der Waals surface area contributed by atoms with Crippen LogP contribution in [0.25, 0.3) is 0 Å². The highest BCUT2D eigenvalue weighted by Crippen LogP contribution is 1.93. The number of aliphatic hydroxyl groups is 1. The van der Waals surface area contributed by atoms with E-state index in [2.05, 4.69) is 39.4 Å². The summed E-state index contributed by atoms with van der Waals surface area (Å²) >= 11 is 0. The van der Waals surface area contributed by atoms with Gasteiger partial charge in [-0.25, -0.2) is 0 Å². The van der Waals surface area contributed by atoms with Crippen molar-refractivity contribution in [3.63, 3.8) is 0 Å². The number of ether oxygens (including phenoxy) is 1. The molecule has 0 spiro atoms. The number of aliphatic hydroxyl groups excluding tert-OH is 1. The van der Waals surface area contributed by atoms with Gasteiger partial charge in [-0.05, 0) is 5.92 Å². The predicted octanol–water partition coefficient (Wildman–Crippen LogP) is 3.73. The van der Waals surface area contributed by atoms with Gasteiger partial charge in [0.2, 0.25) is 0 Å². The number of rotatable bonds is 2. The Kier molecular flexibility index (Phi) is 64.7. The van der Waals surface area contributed by atoms with Crippen LogP contribution in [-0.2, 0) is 4.74 Å². The van der Waals surface area contributed by atoms with Crippen LogP contribution >= 0.6 is 0 Å². The van der Waals surface area contributed by atoms with E-state index in [9.17, 15) is 0 Å². The van der Waals surface area contributed by atoms with Crippen LogP contribution in [0.15, 0.2) is 0 Å². The largest absolute Gasteiger partial charge is 0.400 e. The summed E-state index contributed by atoms with van der Waals surface area (Å²) in [6.07, 6.45) is 3.94. The molecule has 0 saturated carbocycles. The van der Waals surface area contributed by atoms with Gasteiger partial charge in [-0.15, -0.1) is 0 Å². The Morgan fingerprint density at radius 2 is 1.07 bits per heavy atom. The first-order chi connectivity index (χ1) is 6.60. The van der Waals surface area contributed by atoms with Crippen LogP contribution < -0.4 is 0 Å². The van der Waals surface area contributed by atoms with Gasteiger partial charge < -0.3 is 9.84 Å². The molecule has 0 aliphatic heterocycles. The van der Waals surface area contributed by atoms with E-state index in [-0.39, 0.29) is 0 Å². The Hall–Kier alpha value is -0.0800. The molecular formula is C12H32O2. The minimum atomic E-state index is 0.884. The van der Waals surface area contributed by atoms with Crippen molar-refractivity contribution in [2.75, 3.05) is 21.3 Å². The molecule has 0 aromatic rings. The molecule has 0 aromatic heterocycles. The molecule has 0 unspecified atom stereocenters. The van der Waals surface area contributed by atoms with E-state index in [1.165, 1.54) is 19.3 Å². The molecule has 2 heteroatoms. The Labute approximate surface area is 91.7 Å². The first-order valence-electron chi connectivity index (χ1n) is 5.45. The molecule has 92 valence electrons. The van der Waals surface area contributed by atoms with Gasteiger partial charge in [-0.2, -0.15) is 0 Å². The van der Waals surface area contributed by atoms with Crippen molar-refractivity contribution in [3.8, 4) is 0 Å². The molecule has 0 rings (SSSR count). The molecule has 0 radical (unpaired) electrons. The Bertz CT molecular complexity index is 43.6. The lowest BCUT2D eigenvalue weighted by molar-refractivity contribution is 0.277. The lowest BCUT2D eigenvalue weighted by Crippen LogP contribution is -1.77. The number of hydrogen-bond donors (Lipinski definition) is 1. The third-order valence-electron chi connectivity index (χ3n) is 1.32. The van der Waals surface area contributed by atoms with E-state index in [4.69, 9.17) is 5.11 Å². The third kappa shape index (κ3) is 167. The zero-order valence-electron chi connectivity index (χ0n) is 11.6. The van der Waals surface area contributed by atoms with Crippen LogP contribution in [0.4, 0.5) is 0 Å². The van der Waals surface area contributed by atoms with Crippen molar-refractivity contribution in [1.82, 2.24) is 0 Å². The second-order valence-corrected chi connectivity index (χ2v) is 3.21. The fourth-order valence-corrected chi connectivity index (χ4v) is 0. The number of unbranched alkanes of at least 4 members (excludes halogenated alkanes) is 1. The molecule has 0 aliphatic carbocycles. The molecular weight excluding hydrogens is 176 g/mol. The maximum absolute atomic E-state index is 7.00. The third-order valence-corrected chi connectivity index (χ3v) is 1.32. The van der Waals surface area contributed by atoms with Crippen molar-refractivity contribution in [2.45, 2.75) is 53.9 Å². The Morgan fingerprint density at radius 3 is 1.07 bits per heavy atom. The van der Waals surface area contributed by atoms with Gasteiger partial charge in [0.25, 0.3) is 0 Å². The average molecular weight is 208 g/mol. The summed E-state index contributed by atoms with van der Waals surface area (Å²) in [5.74, 6) is 0.884. The Morgan fingerprint density at radius 1 is 0.929 bits per heavy atom. The average Bonchev–Trinajstić information content (AvgIpc) is 2.22. The van der Waals surface area contributed by atoms with Gasteiger partial charge in [0.15, 0.2) is 0 Å². The van der Waals surface area contributed by atoms with Gasteiger partial charge in [-0.1, -0.05) is 53.9 Å². The van der Waals surface area contributed by atoms with Crippen molar-refractivity contribution in [1.29, 1.82) is 0 Å². The summed E-state index contributed by atoms with van der Waals surface area (Å²) in [6.45, 7) is 11.0. The summed E-state index contributed by atoms with van der Waals surface area (Å²) in [4.78, 5) is 0. The van der Waals surface area contributed by atoms with E-state index < -0.39 is 0 Å². The van der Waals surface area contributed by atoms with E-state index in [1.54, 1.807) is 14.2 Å². The van der Waals surface area contributed by atoms with Crippen LogP contribution in [0.2, 0.25) is 0 Å². The maximum Gasteiger partial charge on any atom is 0.0351 e. The molecule has 0 aromatic carbocycles. The molecule has 0 aliphatic rings. The second kappa shape index (κ2) is 38.3. The summed E-state index contributed by atoms with van der Waals surface area (Å²) in [6, 6.07) is 0. The quantitative estimate of drug-likeness (QED) is 0.749. The summed E-state index contributed by atoms with van der Waals surface area (Å²) in [5.41, 5.74) is 0. The van der Waals surface area contributed by atoms with E-state index in [1.807, 2.05) is 0 Å². The van der Waals surface area contributed by atoms with Crippen molar-refractivity contribution < 1.29 is 9.84 Å². The number of hydrogen-bond acceptors (Lipinski definition) is 2. The highest BCUT2D eigenvalue weighted by molar-refractivity contribution is 4.32. The molecule has 0 saturated heterocycles. The molecule has 0 heterocycles. The highest BCUT2D eigenvalue weighted by atomic mass is 16.4. The fourth-order valence-electron chi connectivity index (χ4n) is 0. The van der Waals surface area contributed by atoms with E-state index in [0.29, 0.717) is 0 Å². The first kappa shape index (κ1) is 23.6. The smallest absolute Gasteiger partial charge is 0.0351 e. The lowest BCUT2D eigenvalue weighted by Gasteiger charge is -1.90. The molecule has 0 fully saturated rings. The fraction of sp³-hybridized carbons (Fsp3) is 1.00. The van der Waals surface area contributed by atoms with Crippen LogP contribution in [-0.4, -0.2) is 26.4 Å². The second-order valence-electron chi connectivity index (χ2n) is 3.21. The molecule has 2 nitrogen and oxygen atoms in total. The summed E-state index contributed by atoms with van der Waals surface area (Å²) in [7, 11) is 4.25. The van der Waals surface area contributed by atoms with Crippen molar-refractivity contribution in [3.05, 3.63) is 0 Å². The zero-order valence-corrected chi connectivity index (χ0v) is 11.6. The highest BCUT2D eigenvalue weighted by Gasteiger charge is 1.80. The molecule has 0 atom stereocenters. The molecule has 14 heavy (non-hydrogen) atoms. The standard InChI is InChI=1S/C5H12.C4H10.C2H6O.CH4O/c1-4-5(2)3;1-3-4-2;1-3-2;1-2/h5H,4H2,1-3H3;3-4H2,1-2H3;1-2H3;2H,1H3. The molecule has 0 amide bonds. The van der Waals surface area contributed by atoms with Crippen LogP contribution in [0.1, 0.15) is 53.9 Å². The first-order valence-corrected chi connectivity index (χ1v) is 5.45. The minimum Gasteiger partial charge on any atom is -0.400 e. The van der Waals surface area contributed by atoms with Gasteiger partial charge >= 0.3 is 0 Å². The summed E-state index contributed by atoms with van der Waals surface area (Å²) < 4.78 is 4.25. The maximum atomic E-state index is 7.00.